The first-order valence-electron chi connectivity index (χ1n) is 11.0. The van der Waals surface area contributed by atoms with Crippen LogP contribution in [0.2, 0.25) is 0 Å². The molecule has 30 heavy (non-hydrogen) atoms. The van der Waals surface area contributed by atoms with Crippen LogP contribution in [-0.4, -0.2) is 25.6 Å². The Kier molecular flexibility index (Phi) is 5.30. The quantitative estimate of drug-likeness (QED) is 0.571. The molecule has 1 aliphatic heterocycles. The highest BCUT2D eigenvalue weighted by molar-refractivity contribution is 7.80. The number of pyridine rings is 1. The van der Waals surface area contributed by atoms with Gasteiger partial charge in [0.2, 0.25) is 0 Å². The van der Waals surface area contributed by atoms with Crippen LogP contribution in [0, 0.1) is 6.92 Å². The Balaban J connectivity index is 1.61. The van der Waals surface area contributed by atoms with Gasteiger partial charge in [0.25, 0.3) is 0 Å². The van der Waals surface area contributed by atoms with Crippen molar-refractivity contribution in [1.82, 2.24) is 19.8 Å². The third-order valence-electron chi connectivity index (χ3n) is 6.47. The fourth-order valence-electron chi connectivity index (χ4n) is 5.08. The van der Waals surface area contributed by atoms with Crippen LogP contribution in [0.15, 0.2) is 67.0 Å². The van der Waals surface area contributed by atoms with Crippen molar-refractivity contribution in [2.75, 3.05) is 0 Å². The number of nitrogens with zero attached hydrogens (tertiary/aromatic N) is 3. The summed E-state index contributed by atoms with van der Waals surface area (Å²) in [5.41, 5.74) is 4.75. The fourth-order valence-corrected chi connectivity index (χ4v) is 5.47. The molecule has 1 aromatic carbocycles. The first-order valence-corrected chi connectivity index (χ1v) is 11.4. The maximum absolute atomic E-state index is 5.91. The standard InChI is InChI=1S/C25H28N4S/c1-18-9-7-12-20(17-18)28-16-8-14-22(28)24-23(21-13-5-6-15-26-21)27-25(30)29(24)19-10-3-2-4-11-19/h5-9,12-17,19,23-24H,2-4,10-11H2,1H3,(H,27,30). The smallest absolute Gasteiger partial charge is 0.170 e. The van der Waals surface area contributed by atoms with Crippen LogP contribution in [0.3, 0.4) is 0 Å². The van der Waals surface area contributed by atoms with Gasteiger partial charge >= 0.3 is 0 Å². The van der Waals surface area contributed by atoms with E-state index in [2.05, 4.69) is 76.4 Å². The summed E-state index contributed by atoms with van der Waals surface area (Å²) in [6.07, 6.45) is 10.3. The summed E-state index contributed by atoms with van der Waals surface area (Å²) in [5, 5.41) is 4.49. The highest BCUT2D eigenvalue weighted by atomic mass is 32.1. The van der Waals surface area contributed by atoms with Gasteiger partial charge in [0.05, 0.1) is 17.8 Å². The van der Waals surface area contributed by atoms with Crippen molar-refractivity contribution in [1.29, 1.82) is 0 Å². The van der Waals surface area contributed by atoms with E-state index in [1.54, 1.807) is 0 Å². The molecule has 1 N–H and O–H groups in total. The monoisotopic (exact) mass is 416 g/mol. The molecule has 3 heterocycles. The summed E-state index contributed by atoms with van der Waals surface area (Å²) in [7, 11) is 0. The van der Waals surface area contributed by atoms with Gasteiger partial charge in [0, 0.05) is 29.8 Å². The van der Waals surface area contributed by atoms with Crippen LogP contribution in [0.5, 0.6) is 0 Å². The van der Waals surface area contributed by atoms with Gasteiger partial charge in [-0.15, -0.1) is 0 Å². The number of hydrogen-bond donors (Lipinski definition) is 1. The largest absolute Gasteiger partial charge is 0.352 e. The minimum Gasteiger partial charge on any atom is -0.352 e. The van der Waals surface area contributed by atoms with Crippen molar-refractivity contribution in [3.05, 3.63) is 83.9 Å². The zero-order valence-corrected chi connectivity index (χ0v) is 18.2. The zero-order chi connectivity index (χ0) is 20.5. The molecule has 2 aromatic heterocycles. The van der Waals surface area contributed by atoms with E-state index in [9.17, 15) is 0 Å². The molecule has 2 aliphatic rings. The number of nitrogens with one attached hydrogen (secondary N) is 1. The van der Waals surface area contributed by atoms with E-state index in [1.165, 1.54) is 49.0 Å². The van der Waals surface area contributed by atoms with Gasteiger partial charge in [-0.25, -0.2) is 0 Å². The summed E-state index contributed by atoms with van der Waals surface area (Å²) in [5.74, 6) is 0. The first-order chi connectivity index (χ1) is 14.7. The maximum atomic E-state index is 5.91. The zero-order valence-electron chi connectivity index (χ0n) is 17.4. The van der Waals surface area contributed by atoms with Gasteiger partial charge < -0.3 is 14.8 Å². The third-order valence-corrected chi connectivity index (χ3v) is 6.80. The summed E-state index contributed by atoms with van der Waals surface area (Å²) in [6.45, 7) is 2.14. The molecule has 1 aliphatic carbocycles. The Hall–Kier alpha value is -2.66. The van der Waals surface area contributed by atoms with Crippen LogP contribution in [0.1, 0.15) is 61.1 Å². The van der Waals surface area contributed by atoms with E-state index in [0.717, 1.165) is 10.8 Å². The number of benzene rings is 1. The van der Waals surface area contributed by atoms with Crippen LogP contribution in [-0.2, 0) is 0 Å². The Morgan fingerprint density at radius 3 is 2.63 bits per heavy atom. The van der Waals surface area contributed by atoms with E-state index >= 15 is 0 Å². The second kappa shape index (κ2) is 8.23. The van der Waals surface area contributed by atoms with E-state index < -0.39 is 0 Å². The molecule has 4 nitrogen and oxygen atoms in total. The average Bonchev–Trinajstić information content (AvgIpc) is 3.39. The SMILES string of the molecule is Cc1cccc(-n2cccc2C2C(c3ccccn3)NC(=S)N2C2CCCCC2)c1. The molecule has 0 spiro atoms. The van der Waals surface area contributed by atoms with Crippen molar-refractivity contribution in [2.45, 2.75) is 57.2 Å². The van der Waals surface area contributed by atoms with Crippen molar-refractivity contribution in [3.8, 4) is 5.69 Å². The van der Waals surface area contributed by atoms with Crippen molar-refractivity contribution >= 4 is 17.3 Å². The lowest BCUT2D eigenvalue weighted by molar-refractivity contribution is 0.193. The molecule has 1 saturated carbocycles. The van der Waals surface area contributed by atoms with Gasteiger partial charge in [-0.3, -0.25) is 4.98 Å². The lowest BCUT2D eigenvalue weighted by Crippen LogP contribution is -2.40. The Morgan fingerprint density at radius 1 is 1.00 bits per heavy atom. The van der Waals surface area contributed by atoms with Crippen LogP contribution in [0.25, 0.3) is 5.69 Å². The summed E-state index contributed by atoms with van der Waals surface area (Å²) < 4.78 is 2.32. The van der Waals surface area contributed by atoms with E-state index in [1.807, 2.05) is 12.3 Å². The minimum atomic E-state index is 0.0408. The normalized spacial score (nSPS) is 22.3. The molecule has 0 amide bonds. The van der Waals surface area contributed by atoms with Crippen LogP contribution >= 0.6 is 12.2 Å². The topological polar surface area (TPSA) is 33.1 Å². The molecule has 2 fully saturated rings. The lowest BCUT2D eigenvalue weighted by atomic mass is 9.92. The van der Waals surface area contributed by atoms with Crippen LogP contribution < -0.4 is 5.32 Å². The van der Waals surface area contributed by atoms with Crippen molar-refractivity contribution in [3.63, 3.8) is 0 Å². The van der Waals surface area contributed by atoms with Gasteiger partial charge in [-0.05, 0) is 73.9 Å². The van der Waals surface area contributed by atoms with Crippen molar-refractivity contribution in [2.24, 2.45) is 0 Å². The van der Waals surface area contributed by atoms with E-state index in [-0.39, 0.29) is 12.1 Å². The Labute approximate surface area is 183 Å². The second-order valence-electron chi connectivity index (χ2n) is 8.47. The fraction of sp³-hybridized carbons (Fsp3) is 0.360. The average molecular weight is 417 g/mol. The van der Waals surface area contributed by atoms with Gasteiger partial charge in [0.15, 0.2) is 5.11 Å². The Bertz CT molecular complexity index is 1020. The molecule has 5 heteroatoms. The van der Waals surface area contributed by atoms with E-state index in [0.29, 0.717) is 6.04 Å². The van der Waals surface area contributed by atoms with Crippen molar-refractivity contribution < 1.29 is 0 Å². The third kappa shape index (κ3) is 3.52. The highest BCUT2D eigenvalue weighted by Crippen LogP contribution is 2.43. The molecule has 3 aromatic rings. The molecule has 5 rings (SSSR count). The van der Waals surface area contributed by atoms with Gasteiger partial charge in [-0.2, -0.15) is 0 Å². The minimum absolute atomic E-state index is 0.0408. The predicted molar refractivity (Wildman–Crippen MR) is 125 cm³/mol. The summed E-state index contributed by atoms with van der Waals surface area (Å²) >= 11 is 5.91. The molecule has 2 unspecified atom stereocenters. The van der Waals surface area contributed by atoms with Gasteiger partial charge in [0.1, 0.15) is 0 Å². The number of aromatic nitrogens is 2. The lowest BCUT2D eigenvalue weighted by Gasteiger charge is -2.37. The molecule has 0 radical (unpaired) electrons. The molecule has 0 bridgehead atoms. The summed E-state index contributed by atoms with van der Waals surface area (Å²) in [4.78, 5) is 7.17. The van der Waals surface area contributed by atoms with Gasteiger partial charge in [-0.1, -0.05) is 37.5 Å². The summed E-state index contributed by atoms with van der Waals surface area (Å²) in [6, 6.07) is 19.9. The van der Waals surface area contributed by atoms with E-state index in [4.69, 9.17) is 17.2 Å². The molecule has 2 atom stereocenters. The number of rotatable bonds is 4. The predicted octanol–water partition coefficient (Wildman–Crippen LogP) is 5.49. The molecular formula is C25H28N4S. The first kappa shape index (κ1) is 19.3. The molecule has 154 valence electrons. The highest BCUT2D eigenvalue weighted by Gasteiger charge is 2.44. The number of hydrogen-bond acceptors (Lipinski definition) is 2. The second-order valence-corrected chi connectivity index (χ2v) is 8.85. The Morgan fingerprint density at radius 2 is 1.87 bits per heavy atom. The molecule has 1 saturated heterocycles. The number of aryl methyl sites for hydroxylation is 1. The number of thiocarbonyl (C=S) groups is 1. The molecular weight excluding hydrogens is 388 g/mol. The van der Waals surface area contributed by atoms with Crippen LogP contribution in [0.4, 0.5) is 0 Å². The maximum Gasteiger partial charge on any atom is 0.170 e.